The van der Waals surface area contributed by atoms with E-state index in [0.717, 1.165) is 34.8 Å². The molecule has 128 valence electrons. The second-order valence-corrected chi connectivity index (χ2v) is 7.88. The van der Waals surface area contributed by atoms with E-state index in [1.807, 2.05) is 6.07 Å². The Balaban J connectivity index is 1.54. The van der Waals surface area contributed by atoms with Crippen LogP contribution in [0.4, 0.5) is 8.78 Å². The SMILES string of the molecule is Fc1ccc(-c2ccc(-c3ccc(CC4CCCC4)cc3)cc2F)s1. The molecule has 0 radical (unpaired) electrons. The summed E-state index contributed by atoms with van der Waals surface area (Å²) in [6.45, 7) is 0. The summed E-state index contributed by atoms with van der Waals surface area (Å²) in [5.74, 6) is 0.517. The summed E-state index contributed by atoms with van der Waals surface area (Å²) in [4.78, 5) is 0.619. The van der Waals surface area contributed by atoms with E-state index in [1.165, 1.54) is 37.3 Å². The van der Waals surface area contributed by atoms with Gasteiger partial charge in [0.1, 0.15) is 5.82 Å². The van der Waals surface area contributed by atoms with Gasteiger partial charge in [0.15, 0.2) is 5.13 Å². The molecule has 0 atom stereocenters. The van der Waals surface area contributed by atoms with Crippen molar-refractivity contribution in [2.24, 2.45) is 5.92 Å². The van der Waals surface area contributed by atoms with Gasteiger partial charge in [0.2, 0.25) is 0 Å². The van der Waals surface area contributed by atoms with Crippen molar-refractivity contribution in [1.29, 1.82) is 0 Å². The summed E-state index contributed by atoms with van der Waals surface area (Å²) >= 11 is 0.967. The van der Waals surface area contributed by atoms with Crippen LogP contribution in [0.15, 0.2) is 54.6 Å². The molecular formula is C22H20F2S. The molecule has 0 spiro atoms. The maximum atomic E-state index is 14.5. The molecular weight excluding hydrogens is 334 g/mol. The van der Waals surface area contributed by atoms with Gasteiger partial charge in [-0.15, -0.1) is 11.3 Å². The highest BCUT2D eigenvalue weighted by Gasteiger charge is 2.15. The Morgan fingerprint density at radius 2 is 1.56 bits per heavy atom. The van der Waals surface area contributed by atoms with Crippen molar-refractivity contribution in [3.05, 3.63) is 71.1 Å². The number of halogens is 2. The Morgan fingerprint density at radius 3 is 2.20 bits per heavy atom. The fourth-order valence-electron chi connectivity index (χ4n) is 3.73. The topological polar surface area (TPSA) is 0 Å². The predicted octanol–water partition coefficient (Wildman–Crippen LogP) is 7.09. The minimum atomic E-state index is -0.311. The fourth-order valence-corrected chi connectivity index (χ4v) is 4.49. The van der Waals surface area contributed by atoms with Gasteiger partial charge in [0.25, 0.3) is 0 Å². The third kappa shape index (κ3) is 3.67. The molecule has 0 unspecified atom stereocenters. The standard InChI is InChI=1S/C22H20F2S/c23-20-14-18(9-10-19(20)21-11-12-22(24)25-21)17-7-5-16(6-8-17)13-15-3-1-2-4-15/h5-12,14-15H,1-4,13H2. The van der Waals surface area contributed by atoms with Gasteiger partial charge in [0.05, 0.1) is 0 Å². The largest absolute Gasteiger partial charge is 0.206 e. The molecule has 0 N–H and O–H groups in total. The van der Waals surface area contributed by atoms with Crippen LogP contribution in [-0.4, -0.2) is 0 Å². The molecule has 1 saturated carbocycles. The monoisotopic (exact) mass is 354 g/mol. The van der Waals surface area contributed by atoms with Gasteiger partial charge in [-0.05, 0) is 53.3 Å². The smallest absolute Gasteiger partial charge is 0.176 e. The Morgan fingerprint density at radius 1 is 0.840 bits per heavy atom. The predicted molar refractivity (Wildman–Crippen MR) is 101 cm³/mol. The Hall–Kier alpha value is -2.00. The molecule has 0 saturated heterocycles. The lowest BCUT2D eigenvalue weighted by Crippen LogP contribution is -1.98. The Bertz CT molecular complexity index is 858. The maximum absolute atomic E-state index is 14.5. The molecule has 0 amide bonds. The molecule has 1 fully saturated rings. The molecule has 4 rings (SSSR count). The summed E-state index contributed by atoms with van der Waals surface area (Å²) in [6, 6.07) is 16.6. The van der Waals surface area contributed by atoms with Gasteiger partial charge in [-0.3, -0.25) is 0 Å². The van der Waals surface area contributed by atoms with Crippen molar-refractivity contribution in [3.8, 4) is 21.6 Å². The van der Waals surface area contributed by atoms with Gasteiger partial charge >= 0.3 is 0 Å². The van der Waals surface area contributed by atoms with Gasteiger partial charge in [-0.1, -0.05) is 56.0 Å². The zero-order valence-corrected chi connectivity index (χ0v) is 14.8. The average Bonchev–Trinajstić information content (AvgIpc) is 3.27. The number of hydrogen-bond acceptors (Lipinski definition) is 1. The first-order valence-electron chi connectivity index (χ1n) is 8.83. The molecule has 25 heavy (non-hydrogen) atoms. The van der Waals surface area contributed by atoms with E-state index in [-0.39, 0.29) is 10.9 Å². The second kappa shape index (κ2) is 7.09. The molecule has 2 aromatic carbocycles. The highest BCUT2D eigenvalue weighted by atomic mass is 32.1. The van der Waals surface area contributed by atoms with Crippen LogP contribution >= 0.6 is 11.3 Å². The van der Waals surface area contributed by atoms with E-state index in [9.17, 15) is 8.78 Å². The maximum Gasteiger partial charge on any atom is 0.176 e. The summed E-state index contributed by atoms with van der Waals surface area (Å²) in [7, 11) is 0. The lowest BCUT2D eigenvalue weighted by molar-refractivity contribution is 0.546. The average molecular weight is 354 g/mol. The van der Waals surface area contributed by atoms with Crippen LogP contribution < -0.4 is 0 Å². The van der Waals surface area contributed by atoms with Crippen LogP contribution in [-0.2, 0) is 6.42 Å². The minimum Gasteiger partial charge on any atom is -0.206 e. The van der Waals surface area contributed by atoms with E-state index < -0.39 is 0 Å². The van der Waals surface area contributed by atoms with Gasteiger partial charge in [-0.25, -0.2) is 4.39 Å². The van der Waals surface area contributed by atoms with Crippen molar-refractivity contribution in [2.75, 3.05) is 0 Å². The third-order valence-corrected chi connectivity index (χ3v) is 6.00. The van der Waals surface area contributed by atoms with Gasteiger partial charge in [-0.2, -0.15) is 4.39 Å². The van der Waals surface area contributed by atoms with Gasteiger partial charge in [0, 0.05) is 10.4 Å². The van der Waals surface area contributed by atoms with Crippen LogP contribution in [0.1, 0.15) is 31.2 Å². The molecule has 1 aromatic heterocycles. The summed E-state index contributed by atoms with van der Waals surface area (Å²) < 4.78 is 27.6. The van der Waals surface area contributed by atoms with Crippen LogP contribution in [0.25, 0.3) is 21.6 Å². The van der Waals surface area contributed by atoms with Crippen molar-refractivity contribution in [1.82, 2.24) is 0 Å². The summed E-state index contributed by atoms with van der Waals surface area (Å²) in [5, 5.41) is -0.295. The van der Waals surface area contributed by atoms with Crippen molar-refractivity contribution < 1.29 is 8.78 Å². The Kier molecular flexibility index (Phi) is 4.67. The first-order chi connectivity index (χ1) is 12.2. The molecule has 0 bridgehead atoms. The number of hydrogen-bond donors (Lipinski definition) is 0. The summed E-state index contributed by atoms with van der Waals surface area (Å²) in [6.07, 6.45) is 6.57. The van der Waals surface area contributed by atoms with E-state index in [1.54, 1.807) is 18.2 Å². The molecule has 1 heterocycles. The van der Waals surface area contributed by atoms with E-state index in [2.05, 4.69) is 24.3 Å². The molecule has 3 aromatic rings. The summed E-state index contributed by atoms with van der Waals surface area (Å²) in [5.41, 5.74) is 3.68. The second-order valence-electron chi connectivity index (χ2n) is 6.85. The molecule has 3 heteroatoms. The first kappa shape index (κ1) is 16.5. The van der Waals surface area contributed by atoms with E-state index >= 15 is 0 Å². The first-order valence-corrected chi connectivity index (χ1v) is 9.65. The van der Waals surface area contributed by atoms with E-state index in [0.29, 0.717) is 10.4 Å². The van der Waals surface area contributed by atoms with Crippen LogP contribution in [0.2, 0.25) is 0 Å². The van der Waals surface area contributed by atoms with Crippen molar-refractivity contribution in [2.45, 2.75) is 32.1 Å². The van der Waals surface area contributed by atoms with E-state index in [4.69, 9.17) is 0 Å². The zero-order valence-electron chi connectivity index (χ0n) is 14.0. The molecule has 1 aliphatic carbocycles. The lowest BCUT2D eigenvalue weighted by Gasteiger charge is -2.10. The number of rotatable bonds is 4. The van der Waals surface area contributed by atoms with Crippen molar-refractivity contribution in [3.63, 3.8) is 0 Å². The molecule has 0 aliphatic heterocycles. The molecule has 1 aliphatic rings. The fraction of sp³-hybridized carbons (Fsp3) is 0.273. The highest BCUT2D eigenvalue weighted by molar-refractivity contribution is 7.13. The quantitative estimate of drug-likeness (QED) is 0.469. The molecule has 0 nitrogen and oxygen atoms in total. The normalized spacial score (nSPS) is 15.0. The van der Waals surface area contributed by atoms with Crippen LogP contribution in [0.3, 0.4) is 0 Å². The lowest BCUT2D eigenvalue weighted by atomic mass is 9.96. The third-order valence-electron chi connectivity index (χ3n) is 5.09. The highest BCUT2D eigenvalue weighted by Crippen LogP contribution is 2.33. The van der Waals surface area contributed by atoms with Crippen LogP contribution in [0, 0.1) is 16.9 Å². The van der Waals surface area contributed by atoms with Crippen molar-refractivity contribution >= 4 is 11.3 Å². The zero-order chi connectivity index (χ0) is 17.2. The van der Waals surface area contributed by atoms with Crippen LogP contribution in [0.5, 0.6) is 0 Å². The number of thiophene rings is 1. The van der Waals surface area contributed by atoms with Gasteiger partial charge < -0.3 is 0 Å². The minimum absolute atomic E-state index is 0.295. The Labute approximate surface area is 151 Å². The number of benzene rings is 2.